The third kappa shape index (κ3) is 4.76. The molecule has 2 aromatic heterocycles. The number of fused-ring (bicyclic) bond motifs is 1. The van der Waals surface area contributed by atoms with Crippen LogP contribution in [-0.2, 0) is 11.8 Å². The zero-order valence-corrected chi connectivity index (χ0v) is 18.2. The zero-order chi connectivity index (χ0) is 23.7. The Kier molecular flexibility index (Phi) is 6.21. The lowest BCUT2D eigenvalue weighted by atomic mass is 10.0. The predicted octanol–water partition coefficient (Wildman–Crippen LogP) is 3.76. The van der Waals surface area contributed by atoms with Crippen LogP contribution in [0.2, 0.25) is 0 Å². The third-order valence-corrected chi connectivity index (χ3v) is 5.59. The molecule has 11 heteroatoms. The van der Waals surface area contributed by atoms with Gasteiger partial charge in [-0.1, -0.05) is 6.58 Å². The second-order valence-electron chi connectivity index (χ2n) is 8.04. The summed E-state index contributed by atoms with van der Waals surface area (Å²) in [5.74, 6) is 0.434. The van der Waals surface area contributed by atoms with Crippen molar-refractivity contribution in [2.24, 2.45) is 7.05 Å². The number of piperidine rings is 1. The van der Waals surface area contributed by atoms with E-state index in [4.69, 9.17) is 0 Å². The van der Waals surface area contributed by atoms with Gasteiger partial charge in [0.25, 0.3) is 6.43 Å². The maximum absolute atomic E-state index is 14.6. The maximum Gasteiger partial charge on any atom is 0.266 e. The van der Waals surface area contributed by atoms with Gasteiger partial charge in [-0.05, 0) is 30.7 Å². The molecule has 1 aliphatic heterocycles. The highest BCUT2D eigenvalue weighted by molar-refractivity contribution is 6.00. The number of anilines is 3. The molecule has 1 fully saturated rings. The third-order valence-electron chi connectivity index (χ3n) is 5.59. The minimum Gasteiger partial charge on any atom is -0.350 e. The van der Waals surface area contributed by atoms with Gasteiger partial charge in [0.05, 0.1) is 23.1 Å². The van der Waals surface area contributed by atoms with Gasteiger partial charge in [0, 0.05) is 44.1 Å². The van der Waals surface area contributed by atoms with Crippen LogP contribution in [0, 0.1) is 6.92 Å². The molecule has 3 aromatic rings. The fourth-order valence-electron chi connectivity index (χ4n) is 3.94. The maximum atomic E-state index is 14.6. The van der Waals surface area contributed by atoms with Gasteiger partial charge in [0.2, 0.25) is 17.8 Å². The van der Waals surface area contributed by atoms with E-state index in [-0.39, 0.29) is 36.4 Å². The van der Waals surface area contributed by atoms with Crippen LogP contribution in [0.15, 0.2) is 37.2 Å². The van der Waals surface area contributed by atoms with Crippen molar-refractivity contribution in [2.75, 3.05) is 28.6 Å². The first-order valence-electron chi connectivity index (χ1n) is 10.4. The summed E-state index contributed by atoms with van der Waals surface area (Å²) in [5.41, 5.74) is 2.72. The number of hydrogen-bond acceptors (Lipinski definition) is 6. The van der Waals surface area contributed by atoms with Gasteiger partial charge in [-0.3, -0.25) is 4.79 Å². The molecular weight excluding hydrogens is 435 g/mol. The monoisotopic (exact) mass is 459 g/mol. The number of rotatable bonds is 6. The first-order chi connectivity index (χ1) is 15.7. The van der Waals surface area contributed by atoms with Crippen molar-refractivity contribution in [1.82, 2.24) is 19.5 Å². The van der Waals surface area contributed by atoms with Gasteiger partial charge in [-0.25, -0.2) is 28.1 Å². The first kappa shape index (κ1) is 22.6. The molecule has 0 radical (unpaired) electrons. The number of amides is 1. The minimum atomic E-state index is -2.65. The van der Waals surface area contributed by atoms with Gasteiger partial charge in [-0.15, -0.1) is 0 Å². The van der Waals surface area contributed by atoms with Crippen molar-refractivity contribution in [2.45, 2.75) is 32.0 Å². The van der Waals surface area contributed by atoms with E-state index in [1.165, 1.54) is 6.08 Å². The van der Waals surface area contributed by atoms with Gasteiger partial charge in [-0.2, -0.15) is 0 Å². The Morgan fingerprint density at radius 2 is 2.00 bits per heavy atom. The lowest BCUT2D eigenvalue weighted by Crippen LogP contribution is -2.48. The molecule has 1 aromatic carbocycles. The highest BCUT2D eigenvalue weighted by Gasteiger charge is 2.30. The summed E-state index contributed by atoms with van der Waals surface area (Å²) in [6.07, 6.45) is -0.224. The smallest absolute Gasteiger partial charge is 0.266 e. The van der Waals surface area contributed by atoms with Crippen LogP contribution in [0.4, 0.5) is 30.8 Å². The van der Waals surface area contributed by atoms with E-state index in [0.29, 0.717) is 23.7 Å². The Labute approximate surface area is 188 Å². The molecule has 0 bridgehead atoms. The summed E-state index contributed by atoms with van der Waals surface area (Å²) in [4.78, 5) is 26.0. The lowest BCUT2D eigenvalue weighted by Gasteiger charge is -2.35. The van der Waals surface area contributed by atoms with Crippen molar-refractivity contribution in [3.05, 3.63) is 48.3 Å². The zero-order valence-electron chi connectivity index (χ0n) is 18.2. The number of carbonyl (C=O) groups excluding carboxylic acids is 1. The van der Waals surface area contributed by atoms with Crippen molar-refractivity contribution in [3.8, 4) is 0 Å². The van der Waals surface area contributed by atoms with Crippen LogP contribution in [0.3, 0.4) is 0 Å². The summed E-state index contributed by atoms with van der Waals surface area (Å²) in [6, 6.07) is 3.35. The second kappa shape index (κ2) is 9.08. The van der Waals surface area contributed by atoms with E-state index >= 15 is 0 Å². The number of alkyl halides is 3. The predicted molar refractivity (Wildman–Crippen MR) is 120 cm³/mol. The Bertz CT molecular complexity index is 1180. The molecule has 0 spiro atoms. The van der Waals surface area contributed by atoms with Crippen molar-refractivity contribution >= 4 is 34.5 Å². The quantitative estimate of drug-likeness (QED) is 0.546. The van der Waals surface area contributed by atoms with Gasteiger partial charge in [0.15, 0.2) is 0 Å². The molecule has 1 aliphatic rings. The Morgan fingerprint density at radius 1 is 1.27 bits per heavy atom. The average Bonchev–Trinajstić information content (AvgIpc) is 3.09. The molecule has 0 saturated carbocycles. The van der Waals surface area contributed by atoms with Crippen molar-refractivity contribution < 1.29 is 18.0 Å². The Hall–Kier alpha value is -3.63. The minimum absolute atomic E-state index is 0.166. The number of benzene rings is 1. The molecule has 1 saturated heterocycles. The van der Waals surface area contributed by atoms with E-state index in [0.717, 1.165) is 23.5 Å². The molecule has 0 aliphatic carbocycles. The highest BCUT2D eigenvalue weighted by atomic mass is 19.3. The number of nitrogens with one attached hydrogen (secondary N) is 2. The molecule has 1 amide bonds. The number of hydrogen-bond donors (Lipinski definition) is 2. The lowest BCUT2D eigenvalue weighted by molar-refractivity contribution is -0.111. The molecule has 2 N–H and O–H groups in total. The van der Waals surface area contributed by atoms with Gasteiger partial charge < -0.3 is 20.1 Å². The standard InChI is InChI=1S/C22H24F3N7O/c1-4-19(33)29-16-7-17-18(5-12(16)2)31(3)22(30-17)32-10-14(23)6-15(11-32)28-21-26-8-13(9-27-21)20(24)25/h4-5,7-9,14-15,20H,1,6,10-11H2,2-3H3,(H,29,33)(H,26,27,28)/t14-,15-/m1/s1. The average molecular weight is 459 g/mol. The van der Waals surface area contributed by atoms with Crippen LogP contribution in [-0.4, -0.2) is 50.7 Å². The SMILES string of the molecule is C=CC(=O)Nc1cc2nc(N3C[C@H](F)C[C@@H](Nc4ncc(C(F)F)cn4)C3)n(C)c2cc1C. The summed E-state index contributed by atoms with van der Waals surface area (Å²) in [5, 5.41) is 5.80. The van der Waals surface area contributed by atoms with E-state index in [2.05, 4.69) is 32.2 Å². The number of aryl methyl sites for hydroxylation is 2. The van der Waals surface area contributed by atoms with E-state index < -0.39 is 12.6 Å². The topological polar surface area (TPSA) is 88.0 Å². The molecule has 3 heterocycles. The number of carbonyl (C=O) groups is 1. The molecular formula is C22H24F3N7O. The number of aromatic nitrogens is 4. The second-order valence-corrected chi connectivity index (χ2v) is 8.04. The molecule has 174 valence electrons. The van der Waals surface area contributed by atoms with Gasteiger partial charge in [0.1, 0.15) is 6.17 Å². The Balaban J connectivity index is 1.57. The van der Waals surface area contributed by atoms with Crippen LogP contribution in [0.1, 0.15) is 24.0 Å². The molecule has 4 rings (SSSR count). The summed E-state index contributed by atoms with van der Waals surface area (Å²) < 4.78 is 41.9. The van der Waals surface area contributed by atoms with Crippen LogP contribution in [0.25, 0.3) is 11.0 Å². The highest BCUT2D eigenvalue weighted by Crippen LogP contribution is 2.29. The van der Waals surface area contributed by atoms with Crippen LogP contribution in [0.5, 0.6) is 0 Å². The van der Waals surface area contributed by atoms with Crippen molar-refractivity contribution in [1.29, 1.82) is 0 Å². The molecule has 8 nitrogen and oxygen atoms in total. The summed E-state index contributed by atoms with van der Waals surface area (Å²) in [6.45, 7) is 5.93. The van der Waals surface area contributed by atoms with Crippen LogP contribution < -0.4 is 15.5 Å². The van der Waals surface area contributed by atoms with E-state index in [1.807, 2.05) is 29.5 Å². The molecule has 0 unspecified atom stereocenters. The number of nitrogens with zero attached hydrogens (tertiary/aromatic N) is 5. The normalized spacial score (nSPS) is 18.5. The fourth-order valence-corrected chi connectivity index (χ4v) is 3.94. The number of halogens is 3. The molecule has 2 atom stereocenters. The van der Waals surface area contributed by atoms with E-state index in [1.54, 1.807) is 6.07 Å². The molecule has 33 heavy (non-hydrogen) atoms. The summed E-state index contributed by atoms with van der Waals surface area (Å²) >= 11 is 0. The summed E-state index contributed by atoms with van der Waals surface area (Å²) in [7, 11) is 1.85. The first-order valence-corrected chi connectivity index (χ1v) is 10.4. The largest absolute Gasteiger partial charge is 0.350 e. The Morgan fingerprint density at radius 3 is 2.67 bits per heavy atom. The van der Waals surface area contributed by atoms with Crippen LogP contribution >= 0.6 is 0 Å². The van der Waals surface area contributed by atoms with E-state index in [9.17, 15) is 18.0 Å². The van der Waals surface area contributed by atoms with Gasteiger partial charge >= 0.3 is 0 Å². The van der Waals surface area contributed by atoms with Crippen molar-refractivity contribution in [3.63, 3.8) is 0 Å². The fraction of sp³-hybridized carbons (Fsp3) is 0.364. The number of imidazole rings is 1.